The maximum Gasteiger partial charge on any atom is 0.309 e. The monoisotopic (exact) mass is 446 g/mol. The van der Waals surface area contributed by atoms with Crippen LogP contribution in [0.4, 0.5) is 0 Å². The number of amides is 3. The molecule has 0 aliphatic heterocycles. The lowest BCUT2D eigenvalue weighted by atomic mass is 9.89. The third kappa shape index (κ3) is 5.62. The first-order valence-electron chi connectivity index (χ1n) is 11.1. The van der Waals surface area contributed by atoms with Gasteiger partial charge >= 0.3 is 5.91 Å². The van der Waals surface area contributed by atoms with E-state index in [1.54, 1.807) is 4.68 Å². The molecule has 3 aromatic rings. The zero-order valence-corrected chi connectivity index (χ0v) is 18.2. The summed E-state index contributed by atoms with van der Waals surface area (Å²) in [4.78, 5) is 41.3. The molecule has 0 radical (unpaired) electrons. The van der Waals surface area contributed by atoms with Crippen molar-refractivity contribution < 1.29 is 14.4 Å². The maximum atomic E-state index is 12.6. The summed E-state index contributed by atoms with van der Waals surface area (Å²) in [5.74, 6) is -0.940. The molecule has 1 aliphatic carbocycles. The maximum absolute atomic E-state index is 12.6. The Balaban J connectivity index is 1.39. The minimum atomic E-state index is -0.659. The van der Waals surface area contributed by atoms with Crippen molar-refractivity contribution in [2.45, 2.75) is 32.1 Å². The topological polar surface area (TPSA) is 118 Å². The molecule has 1 aliphatic rings. The van der Waals surface area contributed by atoms with Crippen molar-refractivity contribution in [3.05, 3.63) is 66.5 Å². The largest absolute Gasteiger partial charge is 0.347 e. The van der Waals surface area contributed by atoms with Crippen LogP contribution >= 0.6 is 0 Å². The number of carbonyl (C=O) groups excluding carboxylic acids is 3. The van der Waals surface area contributed by atoms with E-state index in [0.717, 1.165) is 43.4 Å². The third-order valence-electron chi connectivity index (χ3n) is 5.56. The molecule has 0 unspecified atom stereocenters. The summed E-state index contributed by atoms with van der Waals surface area (Å²) in [6.45, 7) is -0.212. The first-order chi connectivity index (χ1) is 16.1. The van der Waals surface area contributed by atoms with Gasteiger partial charge < -0.3 is 5.32 Å². The highest BCUT2D eigenvalue weighted by atomic mass is 16.2. The normalized spacial score (nSPS) is 13.8. The molecule has 0 saturated heterocycles. The van der Waals surface area contributed by atoms with Crippen LogP contribution in [0.25, 0.3) is 17.1 Å². The Labute approximate surface area is 191 Å². The van der Waals surface area contributed by atoms with Gasteiger partial charge in [-0.15, -0.1) is 5.10 Å². The number of aromatic nitrogens is 3. The molecule has 1 fully saturated rings. The predicted molar refractivity (Wildman–Crippen MR) is 122 cm³/mol. The average Bonchev–Trinajstić information content (AvgIpc) is 3.33. The van der Waals surface area contributed by atoms with Gasteiger partial charge in [0.15, 0.2) is 5.82 Å². The fraction of sp³-hybridized carbons (Fsp3) is 0.292. The number of hydrogen-bond donors (Lipinski definition) is 3. The summed E-state index contributed by atoms with van der Waals surface area (Å²) < 4.78 is 1.58. The van der Waals surface area contributed by atoms with E-state index in [4.69, 9.17) is 0 Å². The van der Waals surface area contributed by atoms with Crippen LogP contribution in [-0.4, -0.2) is 39.0 Å². The van der Waals surface area contributed by atoms with E-state index < -0.39 is 11.8 Å². The Kier molecular flexibility index (Phi) is 7.09. The molecular weight excluding hydrogens is 420 g/mol. The van der Waals surface area contributed by atoms with Gasteiger partial charge in [-0.3, -0.25) is 25.2 Å². The average molecular weight is 447 g/mol. The number of nitrogens with one attached hydrogen (secondary N) is 3. The molecule has 33 heavy (non-hydrogen) atoms. The highest BCUT2D eigenvalue weighted by Gasteiger charge is 2.22. The number of nitrogens with zero attached hydrogens (tertiary/aromatic N) is 3. The smallest absolute Gasteiger partial charge is 0.309 e. The van der Waals surface area contributed by atoms with Crippen molar-refractivity contribution in [1.82, 2.24) is 30.9 Å². The van der Waals surface area contributed by atoms with Crippen LogP contribution < -0.4 is 16.2 Å². The summed E-state index contributed by atoms with van der Waals surface area (Å²) >= 11 is 0. The van der Waals surface area contributed by atoms with Gasteiger partial charge in [0.1, 0.15) is 0 Å². The summed E-state index contributed by atoms with van der Waals surface area (Å²) in [6, 6.07) is 18.7. The van der Waals surface area contributed by atoms with Gasteiger partial charge in [-0.2, -0.15) is 0 Å². The highest BCUT2D eigenvalue weighted by molar-refractivity contribution is 5.93. The lowest BCUT2D eigenvalue weighted by molar-refractivity contribution is -0.129. The molecule has 170 valence electrons. The van der Waals surface area contributed by atoms with Crippen molar-refractivity contribution in [2.75, 3.05) is 6.54 Å². The number of carbonyl (C=O) groups is 3. The van der Waals surface area contributed by atoms with E-state index in [2.05, 4.69) is 26.3 Å². The van der Waals surface area contributed by atoms with E-state index in [9.17, 15) is 14.4 Å². The number of hydrazine groups is 1. The van der Waals surface area contributed by atoms with Crippen molar-refractivity contribution >= 4 is 17.7 Å². The van der Waals surface area contributed by atoms with E-state index in [1.807, 2.05) is 60.7 Å². The van der Waals surface area contributed by atoms with Crippen LogP contribution in [0.15, 0.2) is 60.7 Å². The Morgan fingerprint density at radius 1 is 0.879 bits per heavy atom. The third-order valence-corrected chi connectivity index (χ3v) is 5.56. The molecule has 3 amide bonds. The van der Waals surface area contributed by atoms with Crippen LogP contribution in [0.3, 0.4) is 0 Å². The molecule has 9 nitrogen and oxygen atoms in total. The standard InChI is InChI=1S/C24H26N6O3/c31-20(16-25-23(32)18-12-6-2-7-13-18)27-28-24(33)21-26-22(17-10-4-1-5-11-17)30(29-21)19-14-8-3-9-15-19/h1,3-5,8-11,14-15,18H,2,6-7,12-13,16H2,(H,25,32)(H,27,31)(H,28,33). The van der Waals surface area contributed by atoms with E-state index in [1.165, 1.54) is 0 Å². The first kappa shape index (κ1) is 22.2. The van der Waals surface area contributed by atoms with Crippen molar-refractivity contribution in [1.29, 1.82) is 0 Å². The number of rotatable bonds is 6. The molecule has 1 heterocycles. The SMILES string of the molecule is O=C(CNC(=O)C1CCCCC1)NNC(=O)c1nc(-c2ccccc2)n(-c2ccccc2)n1. The molecule has 2 aromatic carbocycles. The van der Waals surface area contributed by atoms with Crippen LogP contribution in [0.1, 0.15) is 42.7 Å². The number of para-hydroxylation sites is 1. The van der Waals surface area contributed by atoms with Crippen LogP contribution in [0, 0.1) is 5.92 Å². The van der Waals surface area contributed by atoms with Gasteiger partial charge in [-0.05, 0) is 25.0 Å². The zero-order chi connectivity index (χ0) is 23.0. The quantitative estimate of drug-likeness (QED) is 0.503. The lowest BCUT2D eigenvalue weighted by Gasteiger charge is -2.20. The summed E-state index contributed by atoms with van der Waals surface area (Å²) in [7, 11) is 0. The van der Waals surface area contributed by atoms with Gasteiger partial charge in [-0.25, -0.2) is 9.67 Å². The molecule has 9 heteroatoms. The van der Waals surface area contributed by atoms with Crippen LogP contribution in [0.2, 0.25) is 0 Å². The highest BCUT2D eigenvalue weighted by Crippen LogP contribution is 2.23. The minimum Gasteiger partial charge on any atom is -0.347 e. The summed E-state index contributed by atoms with van der Waals surface area (Å²) in [5.41, 5.74) is 6.16. The molecule has 3 N–H and O–H groups in total. The molecule has 0 bridgehead atoms. The van der Waals surface area contributed by atoms with Gasteiger partial charge in [0.2, 0.25) is 11.7 Å². The molecule has 0 atom stereocenters. The Bertz CT molecular complexity index is 1050. The molecule has 1 saturated carbocycles. The predicted octanol–water partition coefficient (Wildman–Crippen LogP) is 2.39. The first-order valence-corrected chi connectivity index (χ1v) is 11.1. The van der Waals surface area contributed by atoms with E-state index in [-0.39, 0.29) is 24.2 Å². The van der Waals surface area contributed by atoms with Gasteiger partial charge in [0.25, 0.3) is 5.91 Å². The lowest BCUT2D eigenvalue weighted by Crippen LogP contribution is -2.47. The second-order valence-corrected chi connectivity index (χ2v) is 7.93. The second-order valence-electron chi connectivity index (χ2n) is 7.93. The number of benzene rings is 2. The van der Waals surface area contributed by atoms with Gasteiger partial charge in [0.05, 0.1) is 12.2 Å². The molecule has 0 spiro atoms. The van der Waals surface area contributed by atoms with Crippen molar-refractivity contribution in [3.63, 3.8) is 0 Å². The zero-order valence-electron chi connectivity index (χ0n) is 18.2. The summed E-state index contributed by atoms with van der Waals surface area (Å²) in [6.07, 6.45) is 4.92. The molecular formula is C24H26N6O3. The molecule has 4 rings (SSSR count). The summed E-state index contributed by atoms with van der Waals surface area (Å²) in [5, 5.41) is 6.98. The van der Waals surface area contributed by atoms with Crippen LogP contribution in [-0.2, 0) is 9.59 Å². The molecule has 1 aromatic heterocycles. The second kappa shape index (κ2) is 10.5. The van der Waals surface area contributed by atoms with E-state index in [0.29, 0.717) is 5.82 Å². The fourth-order valence-corrected chi connectivity index (χ4v) is 3.83. The van der Waals surface area contributed by atoms with Gasteiger partial charge in [-0.1, -0.05) is 67.8 Å². The van der Waals surface area contributed by atoms with E-state index >= 15 is 0 Å². The van der Waals surface area contributed by atoms with Crippen molar-refractivity contribution in [3.8, 4) is 17.1 Å². The van der Waals surface area contributed by atoms with Crippen molar-refractivity contribution in [2.24, 2.45) is 5.92 Å². The number of hydrogen-bond acceptors (Lipinski definition) is 5. The Morgan fingerprint density at radius 3 is 2.24 bits per heavy atom. The fourth-order valence-electron chi connectivity index (χ4n) is 3.83. The van der Waals surface area contributed by atoms with Crippen LogP contribution in [0.5, 0.6) is 0 Å². The Morgan fingerprint density at radius 2 is 1.55 bits per heavy atom. The minimum absolute atomic E-state index is 0.0382. The van der Waals surface area contributed by atoms with Gasteiger partial charge in [0, 0.05) is 11.5 Å². The Hall–Kier alpha value is -4.01.